The van der Waals surface area contributed by atoms with Crippen molar-refractivity contribution in [1.29, 1.82) is 0 Å². The minimum Gasteiger partial charge on any atom is -0.497 e. The summed E-state index contributed by atoms with van der Waals surface area (Å²) in [6, 6.07) is 12.3. The fourth-order valence-electron chi connectivity index (χ4n) is 2.52. The lowest BCUT2D eigenvalue weighted by atomic mass is 10.1. The standard InChI is InChI=1S/C16H10ClIN2OS/c1-21-9-3-4-10-12(7-9)19-15(14(10)18)8-2-5-11-13(6-8)22-16(17)20-11/h2-7,19H,1H3. The van der Waals surface area contributed by atoms with E-state index in [0.29, 0.717) is 4.47 Å². The first-order valence-electron chi connectivity index (χ1n) is 6.57. The zero-order chi connectivity index (χ0) is 15.3. The van der Waals surface area contributed by atoms with Crippen LogP contribution in [-0.2, 0) is 0 Å². The molecule has 0 spiro atoms. The van der Waals surface area contributed by atoms with Crippen LogP contribution in [0.2, 0.25) is 4.47 Å². The van der Waals surface area contributed by atoms with Crippen LogP contribution in [0.5, 0.6) is 5.75 Å². The highest BCUT2D eigenvalue weighted by atomic mass is 127. The smallest absolute Gasteiger partial charge is 0.184 e. The molecule has 0 aliphatic rings. The average molecular weight is 441 g/mol. The van der Waals surface area contributed by atoms with Crippen molar-refractivity contribution in [1.82, 2.24) is 9.97 Å². The van der Waals surface area contributed by atoms with Crippen molar-refractivity contribution in [2.24, 2.45) is 0 Å². The van der Waals surface area contributed by atoms with Gasteiger partial charge in [-0.1, -0.05) is 17.7 Å². The van der Waals surface area contributed by atoms with E-state index in [1.54, 1.807) is 7.11 Å². The molecule has 4 rings (SSSR count). The number of thiazole rings is 1. The number of H-pyrrole nitrogens is 1. The Morgan fingerprint density at radius 3 is 2.91 bits per heavy atom. The molecule has 2 aromatic carbocycles. The summed E-state index contributed by atoms with van der Waals surface area (Å²) in [6.45, 7) is 0. The first kappa shape index (κ1) is 14.3. The first-order valence-corrected chi connectivity index (χ1v) is 8.85. The van der Waals surface area contributed by atoms with Gasteiger partial charge in [-0.15, -0.1) is 11.3 Å². The van der Waals surface area contributed by atoms with E-state index in [9.17, 15) is 0 Å². The van der Waals surface area contributed by atoms with E-state index in [1.165, 1.54) is 20.3 Å². The molecule has 0 radical (unpaired) electrons. The van der Waals surface area contributed by atoms with Gasteiger partial charge in [0.1, 0.15) is 5.75 Å². The summed E-state index contributed by atoms with van der Waals surface area (Å²) in [4.78, 5) is 7.78. The number of aromatic nitrogens is 2. The quantitative estimate of drug-likeness (QED) is 0.405. The molecule has 4 aromatic rings. The van der Waals surface area contributed by atoms with Gasteiger partial charge in [-0.25, -0.2) is 4.98 Å². The van der Waals surface area contributed by atoms with Crippen molar-refractivity contribution >= 4 is 66.6 Å². The molecule has 0 bridgehead atoms. The van der Waals surface area contributed by atoms with Crippen LogP contribution < -0.4 is 4.74 Å². The molecule has 0 amide bonds. The Bertz CT molecular complexity index is 1010. The minimum absolute atomic E-state index is 0.572. The molecule has 0 unspecified atom stereocenters. The van der Waals surface area contributed by atoms with Crippen molar-refractivity contribution in [2.75, 3.05) is 7.11 Å². The van der Waals surface area contributed by atoms with Crippen LogP contribution in [0.3, 0.4) is 0 Å². The fourth-order valence-corrected chi connectivity index (χ4v) is 4.51. The number of ether oxygens (including phenoxy) is 1. The third kappa shape index (κ3) is 2.28. The van der Waals surface area contributed by atoms with E-state index in [-0.39, 0.29) is 0 Å². The van der Waals surface area contributed by atoms with Crippen LogP contribution in [0, 0.1) is 3.57 Å². The van der Waals surface area contributed by atoms with Gasteiger partial charge in [0.2, 0.25) is 0 Å². The molecular formula is C16H10ClIN2OS. The van der Waals surface area contributed by atoms with E-state index in [1.807, 2.05) is 18.2 Å². The Kier molecular flexibility index (Phi) is 3.51. The summed E-state index contributed by atoms with van der Waals surface area (Å²) in [6.07, 6.45) is 0. The Balaban J connectivity index is 1.92. The molecule has 0 aliphatic carbocycles. The second kappa shape index (κ2) is 5.40. The summed E-state index contributed by atoms with van der Waals surface area (Å²) < 4.78 is 8.16. The van der Waals surface area contributed by atoms with E-state index >= 15 is 0 Å². The molecule has 3 nitrogen and oxygen atoms in total. The van der Waals surface area contributed by atoms with Crippen molar-refractivity contribution in [3.63, 3.8) is 0 Å². The predicted octanol–water partition coefficient (Wildman–Crippen LogP) is 5.71. The Morgan fingerprint density at radius 1 is 1.23 bits per heavy atom. The number of hydrogen-bond donors (Lipinski definition) is 1. The van der Waals surface area contributed by atoms with Crippen molar-refractivity contribution in [3.05, 3.63) is 44.4 Å². The molecule has 0 saturated heterocycles. The first-order chi connectivity index (χ1) is 10.7. The zero-order valence-electron chi connectivity index (χ0n) is 11.5. The fraction of sp³-hybridized carbons (Fsp3) is 0.0625. The third-order valence-electron chi connectivity index (χ3n) is 3.59. The number of halogens is 2. The number of methoxy groups -OCH3 is 1. The molecular weight excluding hydrogens is 431 g/mol. The summed E-state index contributed by atoms with van der Waals surface area (Å²) >= 11 is 9.87. The summed E-state index contributed by atoms with van der Waals surface area (Å²) in [7, 11) is 1.68. The van der Waals surface area contributed by atoms with Gasteiger partial charge in [0, 0.05) is 20.6 Å². The number of rotatable bonds is 2. The van der Waals surface area contributed by atoms with E-state index < -0.39 is 0 Å². The molecule has 22 heavy (non-hydrogen) atoms. The predicted molar refractivity (Wildman–Crippen MR) is 101 cm³/mol. The van der Waals surface area contributed by atoms with E-state index in [4.69, 9.17) is 16.3 Å². The van der Waals surface area contributed by atoms with Gasteiger partial charge in [-0.2, -0.15) is 0 Å². The highest BCUT2D eigenvalue weighted by Crippen LogP contribution is 2.35. The molecule has 110 valence electrons. The largest absolute Gasteiger partial charge is 0.497 e. The molecule has 0 fully saturated rings. The van der Waals surface area contributed by atoms with Crippen LogP contribution in [-0.4, -0.2) is 17.1 Å². The molecule has 1 N–H and O–H groups in total. The number of nitrogens with one attached hydrogen (secondary N) is 1. The SMILES string of the molecule is COc1ccc2c(I)c(-c3ccc4nc(Cl)sc4c3)[nH]c2c1. The van der Waals surface area contributed by atoms with Crippen molar-refractivity contribution < 1.29 is 4.74 Å². The highest BCUT2D eigenvalue weighted by Gasteiger charge is 2.13. The normalized spacial score (nSPS) is 11.4. The van der Waals surface area contributed by atoms with Gasteiger partial charge in [-0.05, 0) is 46.9 Å². The molecule has 2 aromatic heterocycles. The number of hydrogen-bond acceptors (Lipinski definition) is 3. The summed E-state index contributed by atoms with van der Waals surface area (Å²) in [5.74, 6) is 0.849. The average Bonchev–Trinajstić information content (AvgIpc) is 3.05. The Hall–Kier alpha value is -1.31. The van der Waals surface area contributed by atoms with Crippen LogP contribution in [0.1, 0.15) is 0 Å². The highest BCUT2D eigenvalue weighted by molar-refractivity contribution is 14.1. The maximum absolute atomic E-state index is 5.99. The lowest BCUT2D eigenvalue weighted by molar-refractivity contribution is 0.415. The molecule has 2 heterocycles. The van der Waals surface area contributed by atoms with Gasteiger partial charge in [0.05, 0.1) is 28.5 Å². The van der Waals surface area contributed by atoms with Crippen LogP contribution >= 0.6 is 45.5 Å². The van der Waals surface area contributed by atoms with Crippen LogP contribution in [0.15, 0.2) is 36.4 Å². The van der Waals surface area contributed by atoms with Gasteiger partial charge >= 0.3 is 0 Å². The topological polar surface area (TPSA) is 37.9 Å². The van der Waals surface area contributed by atoms with Gasteiger partial charge in [-0.3, -0.25) is 0 Å². The van der Waals surface area contributed by atoms with Crippen molar-refractivity contribution in [3.8, 4) is 17.0 Å². The van der Waals surface area contributed by atoms with Gasteiger partial charge in [0.15, 0.2) is 4.47 Å². The maximum atomic E-state index is 5.99. The lowest BCUT2D eigenvalue weighted by Gasteiger charge is -1.99. The summed E-state index contributed by atoms with van der Waals surface area (Å²) in [5.41, 5.74) is 4.25. The lowest BCUT2D eigenvalue weighted by Crippen LogP contribution is -1.81. The Morgan fingerprint density at radius 2 is 2.09 bits per heavy atom. The monoisotopic (exact) mass is 440 g/mol. The number of benzene rings is 2. The second-order valence-corrected chi connectivity index (χ2v) is 7.57. The zero-order valence-corrected chi connectivity index (χ0v) is 15.2. The maximum Gasteiger partial charge on any atom is 0.184 e. The second-order valence-electron chi connectivity index (χ2n) is 4.87. The van der Waals surface area contributed by atoms with Crippen LogP contribution in [0.25, 0.3) is 32.4 Å². The van der Waals surface area contributed by atoms with E-state index in [2.05, 4.69) is 50.8 Å². The molecule has 0 atom stereocenters. The molecule has 6 heteroatoms. The minimum atomic E-state index is 0.572. The Labute approximate surface area is 149 Å². The molecule has 0 aliphatic heterocycles. The number of nitrogens with zero attached hydrogens (tertiary/aromatic N) is 1. The van der Waals surface area contributed by atoms with E-state index in [0.717, 1.165) is 32.7 Å². The summed E-state index contributed by atoms with van der Waals surface area (Å²) in [5, 5.41) is 1.19. The number of aromatic amines is 1. The molecule has 0 saturated carbocycles. The third-order valence-corrected chi connectivity index (χ3v) is 5.84. The van der Waals surface area contributed by atoms with Crippen LogP contribution in [0.4, 0.5) is 0 Å². The number of fused-ring (bicyclic) bond motifs is 2. The van der Waals surface area contributed by atoms with Gasteiger partial charge in [0.25, 0.3) is 0 Å². The van der Waals surface area contributed by atoms with Crippen molar-refractivity contribution in [2.45, 2.75) is 0 Å². The van der Waals surface area contributed by atoms with Gasteiger partial charge < -0.3 is 9.72 Å².